The van der Waals surface area contributed by atoms with E-state index in [-0.39, 0.29) is 0 Å². The third kappa shape index (κ3) is 3.20. The minimum absolute atomic E-state index is 0.483. The maximum absolute atomic E-state index is 9.78. The quantitative estimate of drug-likeness (QED) is 0.673. The maximum Gasteiger partial charge on any atom is 0.125 e. The van der Waals surface area contributed by atoms with Crippen LogP contribution >= 0.6 is 0 Å². The van der Waals surface area contributed by atoms with E-state index in [0.29, 0.717) is 17.9 Å². The van der Waals surface area contributed by atoms with Gasteiger partial charge in [0.1, 0.15) is 18.0 Å². The van der Waals surface area contributed by atoms with E-state index in [9.17, 15) is 10.2 Å². The number of rotatable bonds is 6. The van der Waals surface area contributed by atoms with Crippen LogP contribution in [0.3, 0.4) is 0 Å². The predicted molar refractivity (Wildman–Crippen MR) is 60.3 cm³/mol. The van der Waals surface area contributed by atoms with E-state index in [0.717, 1.165) is 6.42 Å². The van der Waals surface area contributed by atoms with Gasteiger partial charge in [-0.3, -0.25) is 0 Å². The molecule has 0 aromatic heterocycles. The topological polar surface area (TPSA) is 69.9 Å². The molecule has 0 saturated carbocycles. The number of benzene rings is 1. The highest BCUT2D eigenvalue weighted by atomic mass is 16.5. The summed E-state index contributed by atoms with van der Waals surface area (Å²) in [4.78, 5) is 0. The van der Waals surface area contributed by atoms with Crippen LogP contribution in [0.25, 0.3) is 0 Å². The zero-order chi connectivity index (χ0) is 12.0. The standard InChI is InChI=1S/C12H18O4/c1-2-7-16-11-6-4-3-5-9(11)12(15)10(14)8-13/h3-6,10,12-15H,2,7-8H2,1H3. The van der Waals surface area contributed by atoms with Crippen molar-refractivity contribution in [2.45, 2.75) is 25.6 Å². The smallest absolute Gasteiger partial charge is 0.125 e. The molecule has 90 valence electrons. The van der Waals surface area contributed by atoms with Crippen LogP contribution in [0.4, 0.5) is 0 Å². The van der Waals surface area contributed by atoms with Crippen LogP contribution in [0.5, 0.6) is 5.75 Å². The van der Waals surface area contributed by atoms with Crippen LogP contribution in [0, 0.1) is 0 Å². The molecule has 3 N–H and O–H groups in total. The van der Waals surface area contributed by atoms with Crippen molar-refractivity contribution in [2.75, 3.05) is 13.2 Å². The van der Waals surface area contributed by atoms with Gasteiger partial charge in [-0.2, -0.15) is 0 Å². The number of aliphatic hydroxyl groups is 3. The zero-order valence-corrected chi connectivity index (χ0v) is 9.34. The molecule has 1 aromatic carbocycles. The van der Waals surface area contributed by atoms with Gasteiger partial charge in [-0.05, 0) is 12.5 Å². The van der Waals surface area contributed by atoms with Crippen LogP contribution in [-0.2, 0) is 0 Å². The molecule has 0 radical (unpaired) electrons. The number of hydrogen-bond acceptors (Lipinski definition) is 4. The molecule has 16 heavy (non-hydrogen) atoms. The Morgan fingerprint density at radius 3 is 2.56 bits per heavy atom. The average molecular weight is 226 g/mol. The Morgan fingerprint density at radius 2 is 1.94 bits per heavy atom. The van der Waals surface area contributed by atoms with Crippen molar-refractivity contribution in [1.82, 2.24) is 0 Å². The Hall–Kier alpha value is -1.10. The second kappa shape index (κ2) is 6.48. The van der Waals surface area contributed by atoms with Crippen molar-refractivity contribution < 1.29 is 20.1 Å². The van der Waals surface area contributed by atoms with Gasteiger partial charge < -0.3 is 20.1 Å². The second-order valence-electron chi connectivity index (χ2n) is 3.58. The van der Waals surface area contributed by atoms with E-state index >= 15 is 0 Å². The second-order valence-corrected chi connectivity index (χ2v) is 3.58. The fourth-order valence-corrected chi connectivity index (χ4v) is 1.38. The molecule has 1 rings (SSSR count). The summed E-state index contributed by atoms with van der Waals surface area (Å²) in [7, 11) is 0. The SMILES string of the molecule is CCCOc1ccccc1C(O)C(O)CO. The van der Waals surface area contributed by atoms with E-state index in [1.807, 2.05) is 6.92 Å². The molecule has 0 aliphatic carbocycles. The monoisotopic (exact) mass is 226 g/mol. The molecule has 0 saturated heterocycles. The molecule has 0 aliphatic heterocycles. The average Bonchev–Trinajstić information content (AvgIpc) is 2.34. The Labute approximate surface area is 95.1 Å². The minimum Gasteiger partial charge on any atom is -0.493 e. The van der Waals surface area contributed by atoms with Crippen LogP contribution in [0.2, 0.25) is 0 Å². The van der Waals surface area contributed by atoms with Gasteiger partial charge in [0.05, 0.1) is 13.2 Å². The van der Waals surface area contributed by atoms with Crippen molar-refractivity contribution in [3.05, 3.63) is 29.8 Å². The van der Waals surface area contributed by atoms with Gasteiger partial charge in [0, 0.05) is 5.56 Å². The zero-order valence-electron chi connectivity index (χ0n) is 9.34. The van der Waals surface area contributed by atoms with Crippen LogP contribution in [0.1, 0.15) is 25.0 Å². The first-order valence-corrected chi connectivity index (χ1v) is 5.39. The van der Waals surface area contributed by atoms with E-state index in [1.165, 1.54) is 0 Å². The summed E-state index contributed by atoms with van der Waals surface area (Å²) in [5.74, 6) is 0.546. The van der Waals surface area contributed by atoms with Crippen molar-refractivity contribution in [3.8, 4) is 5.75 Å². The van der Waals surface area contributed by atoms with E-state index < -0.39 is 18.8 Å². The molecular weight excluding hydrogens is 208 g/mol. The van der Waals surface area contributed by atoms with E-state index in [1.54, 1.807) is 24.3 Å². The number of hydrogen-bond donors (Lipinski definition) is 3. The summed E-state index contributed by atoms with van der Waals surface area (Å²) in [6.07, 6.45) is -1.45. The molecule has 0 aliphatic rings. The summed E-state index contributed by atoms with van der Waals surface area (Å²) >= 11 is 0. The molecule has 0 fully saturated rings. The minimum atomic E-state index is -1.19. The van der Waals surface area contributed by atoms with Crippen molar-refractivity contribution in [1.29, 1.82) is 0 Å². The first kappa shape index (κ1) is 13.0. The van der Waals surface area contributed by atoms with Gasteiger partial charge in [-0.1, -0.05) is 25.1 Å². The Morgan fingerprint density at radius 1 is 1.25 bits per heavy atom. The van der Waals surface area contributed by atoms with Gasteiger partial charge in [0.25, 0.3) is 0 Å². The first-order chi connectivity index (χ1) is 7.70. The number of ether oxygens (including phenoxy) is 1. The lowest BCUT2D eigenvalue weighted by Gasteiger charge is -2.19. The van der Waals surface area contributed by atoms with Crippen molar-refractivity contribution in [3.63, 3.8) is 0 Å². The Balaban J connectivity index is 2.84. The molecular formula is C12H18O4. The lowest BCUT2D eigenvalue weighted by atomic mass is 10.0. The van der Waals surface area contributed by atoms with Gasteiger partial charge in [0.15, 0.2) is 0 Å². The van der Waals surface area contributed by atoms with Crippen LogP contribution < -0.4 is 4.74 Å². The summed E-state index contributed by atoms with van der Waals surface area (Å²) in [5.41, 5.74) is 0.498. The molecule has 4 heteroatoms. The van der Waals surface area contributed by atoms with Gasteiger partial charge in [-0.15, -0.1) is 0 Å². The fraction of sp³-hybridized carbons (Fsp3) is 0.500. The molecule has 0 bridgehead atoms. The van der Waals surface area contributed by atoms with Crippen LogP contribution in [-0.4, -0.2) is 34.6 Å². The summed E-state index contributed by atoms with van der Waals surface area (Å²) in [5, 5.41) is 27.9. The lowest BCUT2D eigenvalue weighted by molar-refractivity contribution is -0.0164. The first-order valence-electron chi connectivity index (χ1n) is 5.39. The van der Waals surface area contributed by atoms with E-state index in [2.05, 4.69) is 0 Å². The van der Waals surface area contributed by atoms with E-state index in [4.69, 9.17) is 9.84 Å². The number of para-hydroxylation sites is 1. The number of aliphatic hydroxyl groups excluding tert-OH is 3. The van der Waals surface area contributed by atoms with Gasteiger partial charge in [-0.25, -0.2) is 0 Å². The molecule has 2 unspecified atom stereocenters. The maximum atomic E-state index is 9.78. The Kier molecular flexibility index (Phi) is 5.25. The summed E-state index contributed by atoms with van der Waals surface area (Å²) in [6, 6.07) is 6.96. The van der Waals surface area contributed by atoms with Crippen LogP contribution in [0.15, 0.2) is 24.3 Å². The van der Waals surface area contributed by atoms with Crippen molar-refractivity contribution >= 4 is 0 Å². The third-order valence-corrected chi connectivity index (χ3v) is 2.25. The highest BCUT2D eigenvalue weighted by Gasteiger charge is 2.20. The van der Waals surface area contributed by atoms with Crippen molar-refractivity contribution in [2.24, 2.45) is 0 Å². The highest BCUT2D eigenvalue weighted by Crippen LogP contribution is 2.27. The molecule has 0 amide bonds. The fourth-order valence-electron chi connectivity index (χ4n) is 1.38. The summed E-state index contributed by atoms with van der Waals surface area (Å²) < 4.78 is 5.45. The van der Waals surface area contributed by atoms with Gasteiger partial charge >= 0.3 is 0 Å². The molecule has 0 heterocycles. The molecule has 4 nitrogen and oxygen atoms in total. The largest absolute Gasteiger partial charge is 0.493 e. The normalized spacial score (nSPS) is 14.5. The Bertz CT molecular complexity index is 314. The lowest BCUT2D eigenvalue weighted by Crippen LogP contribution is -2.22. The summed E-state index contributed by atoms with van der Waals surface area (Å²) in [6.45, 7) is 2.06. The predicted octanol–water partition coefficient (Wildman–Crippen LogP) is 0.862. The van der Waals surface area contributed by atoms with Gasteiger partial charge in [0.2, 0.25) is 0 Å². The molecule has 2 atom stereocenters. The third-order valence-electron chi connectivity index (χ3n) is 2.25. The molecule has 1 aromatic rings. The molecule has 0 spiro atoms. The highest BCUT2D eigenvalue weighted by molar-refractivity contribution is 5.35.